The number of hydrogen-bond donors (Lipinski definition) is 0. The number of benzene rings is 1. The number of aryl methyl sites for hydroxylation is 2. The first-order valence-corrected chi connectivity index (χ1v) is 5.29. The molecule has 0 aliphatic heterocycles. The number of rotatable bonds is 2. The molecule has 2 aromatic rings. The highest BCUT2D eigenvalue weighted by Crippen LogP contribution is 2.12. The first kappa shape index (κ1) is 11.3. The van der Waals surface area contributed by atoms with Crippen LogP contribution in [0.4, 0.5) is 4.39 Å². The molecular formula is C13H12FN3. The van der Waals surface area contributed by atoms with Gasteiger partial charge in [0.1, 0.15) is 11.9 Å². The van der Waals surface area contributed by atoms with Gasteiger partial charge in [-0.3, -0.25) is 4.68 Å². The van der Waals surface area contributed by atoms with Crippen LogP contribution in [-0.2, 0) is 6.54 Å². The fourth-order valence-corrected chi connectivity index (χ4v) is 1.76. The van der Waals surface area contributed by atoms with Gasteiger partial charge in [-0.05, 0) is 37.6 Å². The fraction of sp³-hybridized carbons (Fsp3) is 0.231. The number of aromatic nitrogens is 2. The molecule has 0 aliphatic rings. The number of halogens is 1. The molecule has 1 aromatic carbocycles. The van der Waals surface area contributed by atoms with Crippen molar-refractivity contribution in [2.45, 2.75) is 20.4 Å². The molecule has 0 aliphatic carbocycles. The highest BCUT2D eigenvalue weighted by molar-refractivity contribution is 5.34. The van der Waals surface area contributed by atoms with Crippen LogP contribution in [0.25, 0.3) is 0 Å². The summed E-state index contributed by atoms with van der Waals surface area (Å²) in [7, 11) is 0. The predicted octanol–water partition coefficient (Wildman–Crippen LogP) is 2.56. The zero-order chi connectivity index (χ0) is 12.4. The van der Waals surface area contributed by atoms with Crippen LogP contribution >= 0.6 is 0 Å². The lowest BCUT2D eigenvalue weighted by Gasteiger charge is -2.05. The van der Waals surface area contributed by atoms with Gasteiger partial charge in [0.15, 0.2) is 0 Å². The lowest BCUT2D eigenvalue weighted by Crippen LogP contribution is -2.04. The molecule has 0 fully saturated rings. The molecule has 0 unspecified atom stereocenters. The van der Waals surface area contributed by atoms with Crippen molar-refractivity contribution in [3.63, 3.8) is 0 Å². The van der Waals surface area contributed by atoms with Crippen molar-refractivity contribution >= 4 is 0 Å². The molecule has 3 nitrogen and oxygen atoms in total. The highest BCUT2D eigenvalue weighted by Gasteiger charge is 2.05. The third kappa shape index (κ3) is 2.34. The van der Waals surface area contributed by atoms with Crippen molar-refractivity contribution in [2.24, 2.45) is 0 Å². The zero-order valence-corrected chi connectivity index (χ0v) is 9.74. The maximum atomic E-state index is 13.1. The summed E-state index contributed by atoms with van der Waals surface area (Å²) in [6.45, 7) is 4.44. The van der Waals surface area contributed by atoms with Crippen molar-refractivity contribution in [2.75, 3.05) is 0 Å². The topological polar surface area (TPSA) is 41.6 Å². The van der Waals surface area contributed by atoms with E-state index < -0.39 is 5.82 Å². The van der Waals surface area contributed by atoms with Gasteiger partial charge < -0.3 is 0 Å². The fourth-order valence-electron chi connectivity index (χ4n) is 1.76. The lowest BCUT2D eigenvalue weighted by molar-refractivity contribution is 0.618. The largest absolute Gasteiger partial charge is 0.265 e. The van der Waals surface area contributed by atoms with Crippen LogP contribution in [0.5, 0.6) is 0 Å². The van der Waals surface area contributed by atoms with E-state index in [0.717, 1.165) is 17.0 Å². The molecule has 0 radical (unpaired) electrons. The Balaban J connectivity index is 2.31. The molecule has 4 heteroatoms. The van der Waals surface area contributed by atoms with E-state index in [4.69, 9.17) is 5.26 Å². The van der Waals surface area contributed by atoms with Gasteiger partial charge in [0.25, 0.3) is 0 Å². The molecule has 86 valence electrons. The van der Waals surface area contributed by atoms with E-state index in [1.165, 1.54) is 6.07 Å². The van der Waals surface area contributed by atoms with E-state index in [1.807, 2.05) is 30.7 Å². The molecule has 17 heavy (non-hydrogen) atoms. The second-order valence-electron chi connectivity index (χ2n) is 4.01. The Hall–Kier alpha value is -2.15. The monoisotopic (exact) mass is 229 g/mol. The third-order valence-electron chi connectivity index (χ3n) is 2.59. The van der Waals surface area contributed by atoms with E-state index in [1.54, 1.807) is 12.1 Å². The average Bonchev–Trinajstić information content (AvgIpc) is 2.60. The van der Waals surface area contributed by atoms with E-state index in [9.17, 15) is 4.39 Å². The van der Waals surface area contributed by atoms with Crippen LogP contribution in [0.15, 0.2) is 24.3 Å². The Morgan fingerprint density at radius 3 is 2.71 bits per heavy atom. The van der Waals surface area contributed by atoms with Crippen molar-refractivity contribution in [3.05, 3.63) is 52.6 Å². The van der Waals surface area contributed by atoms with Gasteiger partial charge in [-0.1, -0.05) is 6.07 Å². The van der Waals surface area contributed by atoms with Crippen molar-refractivity contribution in [1.29, 1.82) is 5.26 Å². The number of hydrogen-bond acceptors (Lipinski definition) is 2. The Kier molecular flexibility index (Phi) is 2.92. The maximum Gasteiger partial charge on any atom is 0.140 e. The third-order valence-corrected chi connectivity index (χ3v) is 2.59. The van der Waals surface area contributed by atoms with Gasteiger partial charge in [0.05, 0.1) is 17.8 Å². The molecule has 0 saturated carbocycles. The molecular weight excluding hydrogens is 217 g/mol. The zero-order valence-electron chi connectivity index (χ0n) is 9.74. The Bertz CT molecular complexity index is 593. The second kappa shape index (κ2) is 4.38. The number of nitriles is 1. The van der Waals surface area contributed by atoms with E-state index in [0.29, 0.717) is 6.54 Å². The summed E-state index contributed by atoms with van der Waals surface area (Å²) in [4.78, 5) is 0. The smallest absolute Gasteiger partial charge is 0.140 e. The van der Waals surface area contributed by atoms with Crippen molar-refractivity contribution in [3.8, 4) is 6.07 Å². The minimum absolute atomic E-state index is 0.0732. The first-order valence-electron chi connectivity index (χ1n) is 5.29. The molecule has 1 aromatic heterocycles. The molecule has 0 amide bonds. The summed E-state index contributed by atoms with van der Waals surface area (Å²) in [5.74, 6) is -0.482. The lowest BCUT2D eigenvalue weighted by atomic mass is 10.1. The van der Waals surface area contributed by atoms with Crippen LogP contribution in [0, 0.1) is 31.0 Å². The van der Waals surface area contributed by atoms with Crippen LogP contribution in [0.1, 0.15) is 22.5 Å². The van der Waals surface area contributed by atoms with Gasteiger partial charge in [-0.25, -0.2) is 4.39 Å². The summed E-state index contributed by atoms with van der Waals surface area (Å²) < 4.78 is 15.0. The van der Waals surface area contributed by atoms with Crippen LogP contribution in [0.3, 0.4) is 0 Å². The summed E-state index contributed by atoms with van der Waals surface area (Å²) in [6.07, 6.45) is 0. The molecule has 0 spiro atoms. The highest BCUT2D eigenvalue weighted by atomic mass is 19.1. The van der Waals surface area contributed by atoms with E-state index >= 15 is 0 Å². The second-order valence-corrected chi connectivity index (χ2v) is 4.01. The Morgan fingerprint density at radius 1 is 1.35 bits per heavy atom. The molecule has 1 heterocycles. The molecule has 0 bridgehead atoms. The average molecular weight is 229 g/mol. The normalized spacial score (nSPS) is 10.2. The van der Waals surface area contributed by atoms with Crippen LogP contribution in [0.2, 0.25) is 0 Å². The van der Waals surface area contributed by atoms with Crippen LogP contribution in [-0.4, -0.2) is 9.78 Å². The maximum absolute atomic E-state index is 13.1. The minimum atomic E-state index is -0.482. The van der Waals surface area contributed by atoms with E-state index in [2.05, 4.69) is 5.10 Å². The quantitative estimate of drug-likeness (QED) is 0.794. The molecule has 0 atom stereocenters. The molecule has 0 N–H and O–H groups in total. The summed E-state index contributed by atoms with van der Waals surface area (Å²) in [5.41, 5.74) is 2.94. The summed E-state index contributed by atoms with van der Waals surface area (Å²) in [6, 6.07) is 8.37. The number of nitrogens with zero attached hydrogens (tertiary/aromatic N) is 3. The Labute approximate surface area is 99.1 Å². The van der Waals surface area contributed by atoms with Crippen molar-refractivity contribution in [1.82, 2.24) is 9.78 Å². The summed E-state index contributed by atoms with van der Waals surface area (Å²) >= 11 is 0. The molecule has 0 saturated heterocycles. The van der Waals surface area contributed by atoms with Crippen molar-refractivity contribution < 1.29 is 4.39 Å². The van der Waals surface area contributed by atoms with Gasteiger partial charge in [-0.2, -0.15) is 10.4 Å². The van der Waals surface area contributed by atoms with Gasteiger partial charge in [0.2, 0.25) is 0 Å². The SMILES string of the molecule is Cc1cc(C)n(Cc2ccc(F)c(C#N)c2)n1. The molecule has 2 rings (SSSR count). The standard InChI is InChI=1S/C13H12FN3/c1-9-5-10(2)17(16-9)8-11-3-4-13(14)12(6-11)7-15/h3-6H,8H2,1-2H3. The minimum Gasteiger partial charge on any atom is -0.265 e. The van der Waals surface area contributed by atoms with Gasteiger partial charge in [0, 0.05) is 5.69 Å². The van der Waals surface area contributed by atoms with Crippen LogP contribution < -0.4 is 0 Å². The van der Waals surface area contributed by atoms with Gasteiger partial charge in [-0.15, -0.1) is 0 Å². The Morgan fingerprint density at radius 2 is 2.12 bits per heavy atom. The van der Waals surface area contributed by atoms with Gasteiger partial charge >= 0.3 is 0 Å². The summed E-state index contributed by atoms with van der Waals surface area (Å²) in [5, 5.41) is 13.1. The van der Waals surface area contributed by atoms with E-state index in [-0.39, 0.29) is 5.56 Å². The first-order chi connectivity index (χ1) is 8.10. The predicted molar refractivity (Wildman–Crippen MR) is 61.9 cm³/mol.